The Morgan fingerprint density at radius 2 is 1.67 bits per heavy atom. The molecule has 1 unspecified atom stereocenters. The van der Waals surface area contributed by atoms with Crippen molar-refractivity contribution in [2.75, 3.05) is 5.32 Å². The number of aryl methyl sites for hydroxylation is 1. The normalized spacial score (nSPS) is 11.9. The first kappa shape index (κ1) is 20.7. The number of amides is 2. The van der Waals surface area contributed by atoms with Crippen LogP contribution in [0.25, 0.3) is 0 Å². The smallest absolute Gasteiger partial charge is 0.251 e. The van der Waals surface area contributed by atoms with Crippen molar-refractivity contribution in [1.29, 1.82) is 0 Å². The van der Waals surface area contributed by atoms with Gasteiger partial charge in [0.15, 0.2) is 0 Å². The highest BCUT2D eigenvalue weighted by atomic mass is 16.2. The molecule has 0 aliphatic heterocycles. The van der Waals surface area contributed by atoms with Crippen LogP contribution in [0.15, 0.2) is 54.6 Å². The van der Waals surface area contributed by atoms with E-state index in [0.29, 0.717) is 11.3 Å². The van der Waals surface area contributed by atoms with Crippen LogP contribution in [-0.4, -0.2) is 17.9 Å². The molecule has 27 heavy (non-hydrogen) atoms. The van der Waals surface area contributed by atoms with Crippen molar-refractivity contribution < 1.29 is 9.59 Å². The molecular formula is C23H30N2O2. The van der Waals surface area contributed by atoms with Gasteiger partial charge in [-0.3, -0.25) is 9.59 Å². The van der Waals surface area contributed by atoms with Gasteiger partial charge in [-0.05, 0) is 56.4 Å². The number of carbonyl (C=O) groups is 2. The Balaban J connectivity index is 1.91. The van der Waals surface area contributed by atoms with E-state index < -0.39 is 0 Å². The summed E-state index contributed by atoms with van der Waals surface area (Å²) in [6, 6.07) is 17.4. The van der Waals surface area contributed by atoms with E-state index in [1.165, 1.54) is 5.56 Å². The lowest BCUT2D eigenvalue weighted by Gasteiger charge is -2.15. The topological polar surface area (TPSA) is 58.2 Å². The molecule has 0 saturated heterocycles. The third-order valence-electron chi connectivity index (χ3n) is 4.84. The Hall–Kier alpha value is -2.62. The summed E-state index contributed by atoms with van der Waals surface area (Å²) < 4.78 is 0. The lowest BCUT2D eigenvalue weighted by atomic mass is 10.0. The summed E-state index contributed by atoms with van der Waals surface area (Å²) >= 11 is 0. The van der Waals surface area contributed by atoms with Crippen LogP contribution in [0.1, 0.15) is 56.0 Å². The molecule has 0 fully saturated rings. The van der Waals surface area contributed by atoms with E-state index in [0.717, 1.165) is 25.7 Å². The Kier molecular flexibility index (Phi) is 8.05. The van der Waals surface area contributed by atoms with Crippen LogP contribution in [0, 0.1) is 5.92 Å². The summed E-state index contributed by atoms with van der Waals surface area (Å²) in [5.74, 6) is -0.108. The van der Waals surface area contributed by atoms with Gasteiger partial charge in [-0.2, -0.15) is 0 Å². The first-order chi connectivity index (χ1) is 13.0. The molecule has 144 valence electrons. The molecule has 2 aromatic carbocycles. The number of anilines is 1. The summed E-state index contributed by atoms with van der Waals surface area (Å²) in [7, 11) is 0. The minimum absolute atomic E-state index is 0.000455. The molecule has 0 spiro atoms. The standard InChI is InChI=1S/C23H30N2O2/c1-4-19(5-2)22(26)25-21-13-9-12-20(16-21)23(27)24-17(3)14-15-18-10-7-6-8-11-18/h6-13,16-17,19H,4-5,14-15H2,1-3H3,(H,24,27)(H,25,26). The molecule has 0 bridgehead atoms. The van der Waals surface area contributed by atoms with Gasteiger partial charge in [0, 0.05) is 23.2 Å². The van der Waals surface area contributed by atoms with Crippen LogP contribution in [0.4, 0.5) is 5.69 Å². The van der Waals surface area contributed by atoms with Crippen molar-refractivity contribution in [2.24, 2.45) is 5.92 Å². The molecule has 1 atom stereocenters. The average molecular weight is 367 g/mol. The first-order valence-corrected chi connectivity index (χ1v) is 9.79. The van der Waals surface area contributed by atoms with Gasteiger partial charge < -0.3 is 10.6 Å². The Labute approximate surface area is 162 Å². The van der Waals surface area contributed by atoms with Gasteiger partial charge in [0.25, 0.3) is 5.91 Å². The summed E-state index contributed by atoms with van der Waals surface area (Å²) in [5.41, 5.74) is 2.49. The van der Waals surface area contributed by atoms with Crippen LogP contribution in [0.2, 0.25) is 0 Å². The van der Waals surface area contributed by atoms with E-state index in [9.17, 15) is 9.59 Å². The minimum atomic E-state index is -0.116. The molecule has 0 radical (unpaired) electrons. The van der Waals surface area contributed by atoms with Gasteiger partial charge in [0.1, 0.15) is 0 Å². The van der Waals surface area contributed by atoms with E-state index in [1.807, 2.05) is 45.0 Å². The molecule has 4 heteroatoms. The van der Waals surface area contributed by atoms with Gasteiger partial charge in [0.05, 0.1) is 0 Å². The van der Waals surface area contributed by atoms with Crippen molar-refractivity contribution >= 4 is 17.5 Å². The van der Waals surface area contributed by atoms with Gasteiger partial charge in [-0.15, -0.1) is 0 Å². The molecule has 2 N–H and O–H groups in total. The summed E-state index contributed by atoms with van der Waals surface area (Å²) in [5, 5.41) is 5.96. The third kappa shape index (κ3) is 6.55. The molecule has 2 aromatic rings. The number of benzene rings is 2. The summed E-state index contributed by atoms with van der Waals surface area (Å²) in [6.07, 6.45) is 3.41. The highest BCUT2D eigenvalue weighted by molar-refractivity contribution is 5.97. The fourth-order valence-electron chi connectivity index (χ4n) is 3.05. The molecule has 2 rings (SSSR count). The lowest BCUT2D eigenvalue weighted by Crippen LogP contribution is -2.33. The van der Waals surface area contributed by atoms with Crippen molar-refractivity contribution in [3.8, 4) is 0 Å². The van der Waals surface area contributed by atoms with Crippen molar-refractivity contribution in [2.45, 2.75) is 52.5 Å². The first-order valence-electron chi connectivity index (χ1n) is 9.79. The van der Waals surface area contributed by atoms with E-state index in [1.54, 1.807) is 18.2 Å². The molecule has 0 heterocycles. The lowest BCUT2D eigenvalue weighted by molar-refractivity contribution is -0.120. The monoisotopic (exact) mass is 366 g/mol. The SMILES string of the molecule is CCC(CC)C(=O)Nc1cccc(C(=O)NC(C)CCc2ccccc2)c1. The molecule has 2 amide bonds. The van der Waals surface area contributed by atoms with Crippen molar-refractivity contribution in [1.82, 2.24) is 5.32 Å². The number of hydrogen-bond acceptors (Lipinski definition) is 2. The number of nitrogens with one attached hydrogen (secondary N) is 2. The zero-order chi connectivity index (χ0) is 19.6. The predicted octanol–water partition coefficient (Wildman–Crippen LogP) is 4.81. The van der Waals surface area contributed by atoms with E-state index in [2.05, 4.69) is 22.8 Å². The Bertz CT molecular complexity index is 739. The average Bonchev–Trinajstić information content (AvgIpc) is 2.68. The maximum absolute atomic E-state index is 12.5. The van der Waals surface area contributed by atoms with E-state index in [4.69, 9.17) is 0 Å². The fraction of sp³-hybridized carbons (Fsp3) is 0.391. The van der Waals surface area contributed by atoms with Crippen LogP contribution in [0.3, 0.4) is 0 Å². The second-order valence-electron chi connectivity index (χ2n) is 6.98. The zero-order valence-corrected chi connectivity index (χ0v) is 16.5. The molecule has 0 aliphatic carbocycles. The Morgan fingerprint density at radius 1 is 0.963 bits per heavy atom. The van der Waals surface area contributed by atoms with Gasteiger partial charge in [-0.1, -0.05) is 50.2 Å². The number of carbonyl (C=O) groups excluding carboxylic acids is 2. The second kappa shape index (κ2) is 10.5. The van der Waals surface area contributed by atoms with E-state index >= 15 is 0 Å². The van der Waals surface area contributed by atoms with Gasteiger partial charge in [0.2, 0.25) is 5.91 Å². The number of rotatable bonds is 9. The quantitative estimate of drug-likeness (QED) is 0.669. The second-order valence-corrected chi connectivity index (χ2v) is 6.98. The van der Waals surface area contributed by atoms with E-state index in [-0.39, 0.29) is 23.8 Å². The van der Waals surface area contributed by atoms with Crippen molar-refractivity contribution in [3.63, 3.8) is 0 Å². The predicted molar refractivity (Wildman–Crippen MR) is 111 cm³/mol. The van der Waals surface area contributed by atoms with Crippen LogP contribution in [0.5, 0.6) is 0 Å². The fourth-order valence-corrected chi connectivity index (χ4v) is 3.05. The van der Waals surface area contributed by atoms with Crippen molar-refractivity contribution in [3.05, 3.63) is 65.7 Å². The molecule has 0 saturated carbocycles. The Morgan fingerprint density at radius 3 is 2.33 bits per heavy atom. The highest BCUT2D eigenvalue weighted by Gasteiger charge is 2.15. The maximum atomic E-state index is 12.5. The van der Waals surface area contributed by atoms with Crippen LogP contribution >= 0.6 is 0 Å². The summed E-state index contributed by atoms with van der Waals surface area (Å²) in [6.45, 7) is 6.03. The van der Waals surface area contributed by atoms with Crippen LogP contribution in [-0.2, 0) is 11.2 Å². The van der Waals surface area contributed by atoms with Crippen LogP contribution < -0.4 is 10.6 Å². The third-order valence-corrected chi connectivity index (χ3v) is 4.84. The largest absolute Gasteiger partial charge is 0.350 e. The summed E-state index contributed by atoms with van der Waals surface area (Å²) in [4.78, 5) is 24.8. The molecular weight excluding hydrogens is 336 g/mol. The molecule has 4 nitrogen and oxygen atoms in total. The maximum Gasteiger partial charge on any atom is 0.251 e. The number of hydrogen-bond donors (Lipinski definition) is 2. The highest BCUT2D eigenvalue weighted by Crippen LogP contribution is 2.15. The molecule has 0 aliphatic rings. The molecule has 0 aromatic heterocycles. The van der Waals surface area contributed by atoms with Gasteiger partial charge >= 0.3 is 0 Å². The van der Waals surface area contributed by atoms with Gasteiger partial charge in [-0.25, -0.2) is 0 Å². The minimum Gasteiger partial charge on any atom is -0.350 e. The zero-order valence-electron chi connectivity index (χ0n) is 16.5.